The van der Waals surface area contributed by atoms with E-state index in [1.54, 1.807) is 26.2 Å². The van der Waals surface area contributed by atoms with Crippen LogP contribution in [-0.2, 0) is 22.6 Å². The van der Waals surface area contributed by atoms with E-state index in [1.165, 1.54) is 6.42 Å². The van der Waals surface area contributed by atoms with Crippen molar-refractivity contribution in [3.05, 3.63) is 77.4 Å². The van der Waals surface area contributed by atoms with Gasteiger partial charge >= 0.3 is 0 Å². The summed E-state index contributed by atoms with van der Waals surface area (Å²) in [7, 11) is 7.10. The molecule has 54 heavy (non-hydrogen) atoms. The lowest BCUT2D eigenvalue weighted by Crippen LogP contribution is -2.62. The monoisotopic (exact) mass is 742 g/mol. The number of para-hydroxylation sites is 2. The van der Waals surface area contributed by atoms with Gasteiger partial charge in [-0.2, -0.15) is 5.06 Å². The average molecular weight is 743 g/mol. The summed E-state index contributed by atoms with van der Waals surface area (Å²) in [5.41, 5.74) is 4.95. The first-order chi connectivity index (χ1) is 25.8. The molecule has 2 amide bonds. The van der Waals surface area contributed by atoms with Crippen LogP contribution in [0.2, 0.25) is 0 Å². The number of ether oxygens (including phenoxy) is 2. The zero-order valence-electron chi connectivity index (χ0n) is 33.0. The van der Waals surface area contributed by atoms with Crippen molar-refractivity contribution in [1.29, 1.82) is 0 Å². The van der Waals surface area contributed by atoms with Gasteiger partial charge in [-0.05, 0) is 84.7 Å². The summed E-state index contributed by atoms with van der Waals surface area (Å²) in [5, 5.41) is 29.3. The largest absolute Gasteiger partial charge is 0.496 e. The van der Waals surface area contributed by atoms with E-state index in [4.69, 9.17) is 14.3 Å². The number of hydrogen-bond donors (Lipinski definition) is 4. The van der Waals surface area contributed by atoms with E-state index in [2.05, 4.69) is 31.4 Å². The molecule has 4 N–H and O–H groups in total. The first kappa shape index (κ1) is 39.5. The molecule has 11 heteroatoms. The van der Waals surface area contributed by atoms with Crippen molar-refractivity contribution in [2.75, 3.05) is 46.4 Å². The number of aliphatic hydroxyl groups is 2. The van der Waals surface area contributed by atoms with Crippen molar-refractivity contribution in [3.8, 4) is 22.6 Å². The third kappa shape index (κ3) is 7.69. The second-order valence-corrected chi connectivity index (χ2v) is 16.2. The molecule has 1 saturated heterocycles. The van der Waals surface area contributed by atoms with Crippen LogP contribution in [0.1, 0.15) is 62.0 Å². The molecule has 3 aliphatic carbocycles. The number of anilines is 1. The van der Waals surface area contributed by atoms with Crippen LogP contribution in [0.4, 0.5) is 5.69 Å². The van der Waals surface area contributed by atoms with E-state index in [-0.39, 0.29) is 36.4 Å². The SMILES string of the molecule is COc1ccccc1CCNC(=O)c1cc(-c2cccc(CN3O[C@@H](CO)[C@@H]([C@H](C)O)[C@H]3C(=O)NC3C[C@H]4C[C@@H]([C@@H]3C)C4(C)C)c2OC)cc(N(C)C)c1. The van der Waals surface area contributed by atoms with E-state index < -0.39 is 24.2 Å². The Morgan fingerprint density at radius 3 is 2.43 bits per heavy atom. The van der Waals surface area contributed by atoms with Gasteiger partial charge in [0.15, 0.2) is 0 Å². The minimum Gasteiger partial charge on any atom is -0.496 e. The minimum atomic E-state index is -0.902. The lowest BCUT2D eigenvalue weighted by Gasteiger charge is -2.62. The molecule has 0 radical (unpaired) electrons. The molecule has 3 aromatic rings. The quantitative estimate of drug-likeness (QED) is 0.179. The van der Waals surface area contributed by atoms with Gasteiger partial charge in [0.1, 0.15) is 23.6 Å². The number of hydrogen-bond acceptors (Lipinski definition) is 9. The van der Waals surface area contributed by atoms with Gasteiger partial charge < -0.3 is 35.2 Å². The van der Waals surface area contributed by atoms with Gasteiger partial charge in [-0.1, -0.05) is 57.2 Å². The highest BCUT2D eigenvalue weighted by Crippen LogP contribution is 2.61. The fourth-order valence-electron chi connectivity index (χ4n) is 9.31. The van der Waals surface area contributed by atoms with Crippen LogP contribution >= 0.6 is 0 Å². The third-order valence-corrected chi connectivity index (χ3v) is 12.6. The van der Waals surface area contributed by atoms with E-state index in [9.17, 15) is 19.8 Å². The summed E-state index contributed by atoms with van der Waals surface area (Å²) >= 11 is 0. The van der Waals surface area contributed by atoms with Crippen LogP contribution in [0.15, 0.2) is 60.7 Å². The topological polar surface area (TPSA) is 133 Å². The van der Waals surface area contributed by atoms with Crippen LogP contribution in [0, 0.1) is 29.1 Å². The molecule has 1 heterocycles. The average Bonchev–Trinajstić information content (AvgIpc) is 3.53. The lowest BCUT2D eigenvalue weighted by atomic mass is 9.45. The molecule has 2 bridgehead atoms. The summed E-state index contributed by atoms with van der Waals surface area (Å²) in [6.07, 6.45) is 1.09. The normalized spacial score (nSPS) is 26.4. The molecule has 0 aromatic heterocycles. The second kappa shape index (κ2) is 16.3. The standard InChI is InChI=1S/C43H58N4O7/c1-25-34-21-31(43(34,3)4)22-35(25)45-42(51)39-38(26(2)49)37(24-48)54-47(39)23-28-13-11-14-33(40(28)53-8)29-18-30(20-32(19-29)46(5)6)41(50)44-17-16-27-12-9-10-15-36(27)52-7/h9-15,18-20,25-26,31,34-35,37-39,48-49H,16-17,21-24H2,1-8H3,(H,44,50)(H,45,51)/t25-,26-,31+,34-,35?,37-,38+,39-/m0/s1. The number of hydroxylamine groups is 2. The maximum Gasteiger partial charge on any atom is 0.251 e. The third-order valence-electron chi connectivity index (χ3n) is 12.6. The molecule has 11 nitrogen and oxygen atoms in total. The van der Waals surface area contributed by atoms with Gasteiger partial charge in [0, 0.05) is 55.0 Å². The van der Waals surface area contributed by atoms with E-state index in [0.29, 0.717) is 42.0 Å². The molecule has 4 fully saturated rings. The fraction of sp³-hybridized carbons (Fsp3) is 0.535. The maximum absolute atomic E-state index is 14.2. The van der Waals surface area contributed by atoms with Gasteiger partial charge in [0.25, 0.3) is 5.91 Å². The number of amides is 2. The van der Waals surface area contributed by atoms with Gasteiger partial charge in [-0.25, -0.2) is 0 Å². The highest BCUT2D eigenvalue weighted by molar-refractivity contribution is 5.97. The van der Waals surface area contributed by atoms with Crippen LogP contribution < -0.4 is 25.0 Å². The van der Waals surface area contributed by atoms with Crippen LogP contribution in [0.5, 0.6) is 11.5 Å². The van der Waals surface area contributed by atoms with Gasteiger partial charge in [0.05, 0.1) is 33.5 Å². The number of carbonyl (C=O) groups excluding carboxylic acids is 2. The van der Waals surface area contributed by atoms with Crippen molar-refractivity contribution in [3.63, 3.8) is 0 Å². The van der Waals surface area contributed by atoms with E-state index >= 15 is 0 Å². The zero-order valence-corrected chi connectivity index (χ0v) is 33.0. The molecular formula is C43H58N4O7. The first-order valence-electron chi connectivity index (χ1n) is 19.2. The summed E-state index contributed by atoms with van der Waals surface area (Å²) in [4.78, 5) is 36.0. The van der Waals surface area contributed by atoms with Crippen LogP contribution in [0.25, 0.3) is 11.1 Å². The summed E-state index contributed by atoms with van der Waals surface area (Å²) in [6.45, 7) is 8.81. The number of aliphatic hydroxyl groups excluding tert-OH is 2. The van der Waals surface area contributed by atoms with Crippen molar-refractivity contribution < 1.29 is 34.1 Å². The summed E-state index contributed by atoms with van der Waals surface area (Å²) < 4.78 is 11.5. The van der Waals surface area contributed by atoms with E-state index in [0.717, 1.165) is 40.1 Å². The summed E-state index contributed by atoms with van der Waals surface area (Å²) in [5.74, 6) is 1.77. The molecular weight excluding hydrogens is 684 g/mol. The predicted molar refractivity (Wildman–Crippen MR) is 209 cm³/mol. The number of nitrogens with one attached hydrogen (secondary N) is 2. The Kier molecular flexibility index (Phi) is 11.9. The summed E-state index contributed by atoms with van der Waals surface area (Å²) in [6, 6.07) is 18.5. The Hall–Kier alpha value is -4.16. The van der Waals surface area contributed by atoms with Crippen LogP contribution in [0.3, 0.4) is 0 Å². The highest BCUT2D eigenvalue weighted by atomic mass is 16.7. The molecule has 1 unspecified atom stereocenters. The molecule has 8 atom stereocenters. The Morgan fingerprint density at radius 1 is 1.04 bits per heavy atom. The fourth-order valence-corrected chi connectivity index (χ4v) is 9.31. The molecule has 0 spiro atoms. The van der Waals surface area contributed by atoms with E-state index in [1.807, 2.05) is 79.7 Å². The molecule has 1 aliphatic heterocycles. The Bertz CT molecular complexity index is 1810. The van der Waals surface area contributed by atoms with Crippen molar-refractivity contribution in [1.82, 2.24) is 15.7 Å². The van der Waals surface area contributed by atoms with Crippen LogP contribution in [-0.4, -0.2) is 92.8 Å². The smallest absolute Gasteiger partial charge is 0.251 e. The number of carbonyl (C=O) groups is 2. The zero-order chi connectivity index (χ0) is 38.9. The lowest BCUT2D eigenvalue weighted by molar-refractivity contribution is -0.183. The maximum atomic E-state index is 14.2. The van der Waals surface area contributed by atoms with Gasteiger partial charge in [-0.15, -0.1) is 0 Å². The second-order valence-electron chi connectivity index (χ2n) is 16.2. The van der Waals surface area contributed by atoms with Crippen molar-refractivity contribution >= 4 is 17.5 Å². The van der Waals surface area contributed by atoms with Crippen molar-refractivity contribution in [2.24, 2.45) is 29.1 Å². The van der Waals surface area contributed by atoms with Crippen molar-refractivity contribution in [2.45, 2.75) is 77.8 Å². The minimum absolute atomic E-state index is 0.0355. The number of fused-ring (bicyclic) bond motifs is 2. The Labute approximate surface area is 319 Å². The van der Waals surface area contributed by atoms with Gasteiger partial charge in [0.2, 0.25) is 5.91 Å². The number of rotatable bonds is 14. The number of methoxy groups -OCH3 is 2. The number of benzene rings is 3. The Balaban J connectivity index is 1.25. The molecule has 3 saturated carbocycles. The molecule has 7 rings (SSSR count). The Morgan fingerprint density at radius 2 is 1.78 bits per heavy atom. The predicted octanol–water partition coefficient (Wildman–Crippen LogP) is 5.07. The first-order valence-corrected chi connectivity index (χ1v) is 19.2. The molecule has 292 valence electrons. The number of nitrogens with zero attached hydrogens (tertiary/aromatic N) is 2. The molecule has 4 aliphatic rings. The highest BCUT2D eigenvalue weighted by Gasteiger charge is 2.57. The van der Waals surface area contributed by atoms with Gasteiger partial charge in [-0.3, -0.25) is 14.4 Å². The molecule has 3 aromatic carbocycles.